The van der Waals surface area contributed by atoms with E-state index in [0.717, 1.165) is 19.3 Å². The summed E-state index contributed by atoms with van der Waals surface area (Å²) in [5, 5.41) is 18.8. The summed E-state index contributed by atoms with van der Waals surface area (Å²) >= 11 is 0. The van der Waals surface area contributed by atoms with E-state index in [1.165, 1.54) is 14.0 Å². The Labute approximate surface area is 232 Å². The average Bonchev–Trinajstić information content (AvgIpc) is 3.35. The van der Waals surface area contributed by atoms with Crippen molar-refractivity contribution in [2.75, 3.05) is 26.8 Å². The number of hydrogen-bond acceptors (Lipinski definition) is 7. The summed E-state index contributed by atoms with van der Waals surface area (Å²) in [4.78, 5) is 56.2. The number of imide groups is 1. The molecule has 40 heavy (non-hydrogen) atoms. The molecule has 3 heterocycles. The maximum atomic E-state index is 13.6. The van der Waals surface area contributed by atoms with Crippen LogP contribution < -0.4 is 17.0 Å². The number of aromatic hydroxyl groups is 1. The predicted octanol–water partition coefficient (Wildman–Crippen LogP) is 1.61. The standard InChI is InChI=1S/C28H40N6O6/c1-16-3-4-17(9-16)10-32-22(35)20(21(29)30)23(36)34(26(32)39)19-5-7-27(8-6-19)14-28(15-27)24(37)31(2)25(38)33(28)11-18-12-40-13-18/h16-19,35H,3-15H2,1-2H3,(H3,29,30). The minimum Gasteiger partial charge on any atom is -0.494 e. The lowest BCUT2D eigenvalue weighted by atomic mass is 9.51. The Morgan fingerprint density at radius 2 is 1.73 bits per heavy atom. The van der Waals surface area contributed by atoms with Gasteiger partial charge in [-0.15, -0.1) is 0 Å². The second-order valence-corrected chi connectivity index (χ2v) is 13.2. The summed E-state index contributed by atoms with van der Waals surface area (Å²) in [5.74, 6) is -0.208. The van der Waals surface area contributed by atoms with Crippen LogP contribution in [0.4, 0.5) is 4.79 Å². The first-order valence-electron chi connectivity index (χ1n) is 14.6. The van der Waals surface area contributed by atoms with Crippen LogP contribution in [0.2, 0.25) is 0 Å². The minimum absolute atomic E-state index is 0.130. The van der Waals surface area contributed by atoms with Crippen LogP contribution in [-0.4, -0.2) is 74.2 Å². The number of nitrogen functional groups attached to an aromatic ring is 1. The highest BCUT2D eigenvalue weighted by Crippen LogP contribution is 2.62. The third-order valence-corrected chi connectivity index (χ3v) is 10.5. The molecule has 2 spiro atoms. The zero-order valence-corrected chi connectivity index (χ0v) is 23.4. The molecule has 6 rings (SSSR count). The monoisotopic (exact) mass is 556 g/mol. The lowest BCUT2D eigenvalue weighted by molar-refractivity contribution is -0.152. The van der Waals surface area contributed by atoms with Gasteiger partial charge in [-0.1, -0.05) is 13.3 Å². The smallest absolute Gasteiger partial charge is 0.334 e. The number of hydrogen-bond donors (Lipinski definition) is 3. The van der Waals surface area contributed by atoms with Crippen LogP contribution in [-0.2, 0) is 16.1 Å². The molecular formula is C28H40N6O6. The van der Waals surface area contributed by atoms with Crippen molar-refractivity contribution in [3.8, 4) is 5.88 Å². The topological polar surface area (TPSA) is 164 Å². The van der Waals surface area contributed by atoms with Crippen LogP contribution in [0.5, 0.6) is 5.88 Å². The number of urea groups is 1. The quantitative estimate of drug-likeness (QED) is 0.272. The Balaban J connectivity index is 1.23. The van der Waals surface area contributed by atoms with Crippen LogP contribution in [0.1, 0.15) is 76.3 Å². The van der Waals surface area contributed by atoms with Gasteiger partial charge in [-0.2, -0.15) is 0 Å². The van der Waals surface area contributed by atoms with E-state index < -0.39 is 28.5 Å². The van der Waals surface area contributed by atoms with E-state index in [9.17, 15) is 24.3 Å². The van der Waals surface area contributed by atoms with Gasteiger partial charge in [0.15, 0.2) is 0 Å². The molecule has 0 bridgehead atoms. The number of nitrogens with one attached hydrogen (secondary N) is 1. The zero-order chi connectivity index (χ0) is 28.6. The summed E-state index contributed by atoms with van der Waals surface area (Å²) in [6, 6.07) is -0.633. The summed E-state index contributed by atoms with van der Waals surface area (Å²) < 4.78 is 7.73. The molecule has 0 aromatic carbocycles. The number of carbonyl (C=O) groups is 2. The Morgan fingerprint density at radius 1 is 1.05 bits per heavy atom. The number of nitrogens with zero attached hydrogens (tertiary/aromatic N) is 4. The fourth-order valence-electron chi connectivity index (χ4n) is 8.27. The van der Waals surface area contributed by atoms with Gasteiger partial charge < -0.3 is 20.5 Å². The highest BCUT2D eigenvalue weighted by molar-refractivity contribution is 6.07. The molecule has 3 aliphatic carbocycles. The molecule has 2 unspecified atom stereocenters. The zero-order valence-electron chi connectivity index (χ0n) is 23.4. The number of carbonyl (C=O) groups excluding carboxylic acids is 2. The third kappa shape index (κ3) is 4.01. The van der Waals surface area contributed by atoms with Gasteiger partial charge in [0, 0.05) is 32.1 Å². The maximum Gasteiger partial charge on any atom is 0.334 e. The van der Waals surface area contributed by atoms with Gasteiger partial charge in [0.25, 0.3) is 11.5 Å². The van der Waals surface area contributed by atoms with E-state index in [1.807, 2.05) is 0 Å². The van der Waals surface area contributed by atoms with Gasteiger partial charge in [-0.3, -0.25) is 29.0 Å². The van der Waals surface area contributed by atoms with Crippen molar-refractivity contribution in [2.24, 2.45) is 28.9 Å². The van der Waals surface area contributed by atoms with E-state index >= 15 is 0 Å². The molecule has 0 radical (unpaired) electrons. The highest BCUT2D eigenvalue weighted by atomic mass is 16.5. The van der Waals surface area contributed by atoms with E-state index in [1.54, 1.807) is 11.9 Å². The Morgan fingerprint density at radius 3 is 2.27 bits per heavy atom. The van der Waals surface area contributed by atoms with Gasteiger partial charge >= 0.3 is 11.7 Å². The molecule has 4 N–H and O–H groups in total. The summed E-state index contributed by atoms with van der Waals surface area (Å²) in [5.41, 5.74) is 3.19. The van der Waals surface area contributed by atoms with Crippen LogP contribution >= 0.6 is 0 Å². The van der Waals surface area contributed by atoms with Crippen molar-refractivity contribution in [2.45, 2.75) is 82.8 Å². The molecule has 1 aromatic heterocycles. The third-order valence-electron chi connectivity index (χ3n) is 10.5. The van der Waals surface area contributed by atoms with Crippen molar-refractivity contribution in [1.29, 1.82) is 5.41 Å². The molecule has 12 nitrogen and oxygen atoms in total. The van der Waals surface area contributed by atoms with Crippen LogP contribution in [0.3, 0.4) is 0 Å². The van der Waals surface area contributed by atoms with Gasteiger partial charge in [0.1, 0.15) is 16.9 Å². The lowest BCUT2D eigenvalue weighted by Gasteiger charge is -2.58. The molecule has 12 heteroatoms. The van der Waals surface area contributed by atoms with E-state index in [4.69, 9.17) is 15.9 Å². The SMILES string of the molecule is CC1CCC(Cn2c(O)c(C(=N)N)c(=O)n(C3CCC4(CC3)CC3(C4)C(=O)N(C)C(=O)N3CC3COC3)c2=O)C1. The lowest BCUT2D eigenvalue weighted by Crippen LogP contribution is -2.65. The van der Waals surface area contributed by atoms with Crippen molar-refractivity contribution in [3.63, 3.8) is 0 Å². The summed E-state index contributed by atoms with van der Waals surface area (Å²) in [7, 11) is 1.55. The fraction of sp³-hybridized carbons (Fsp3) is 0.750. The van der Waals surface area contributed by atoms with Gasteiger partial charge in [0.2, 0.25) is 5.88 Å². The predicted molar refractivity (Wildman–Crippen MR) is 145 cm³/mol. The molecule has 2 aliphatic heterocycles. The molecule has 1 aromatic rings. The van der Waals surface area contributed by atoms with Crippen molar-refractivity contribution in [3.05, 3.63) is 26.4 Å². The number of nitrogens with two attached hydrogens (primary N) is 1. The number of rotatable bonds is 6. The van der Waals surface area contributed by atoms with Gasteiger partial charge in [-0.25, -0.2) is 9.59 Å². The first-order chi connectivity index (χ1) is 19.0. The molecule has 218 valence electrons. The molecule has 2 saturated heterocycles. The largest absolute Gasteiger partial charge is 0.494 e. The molecule has 3 saturated carbocycles. The van der Waals surface area contributed by atoms with Crippen LogP contribution in [0.25, 0.3) is 0 Å². The fourth-order valence-corrected chi connectivity index (χ4v) is 8.27. The molecular weight excluding hydrogens is 516 g/mol. The molecule has 2 atom stereocenters. The van der Waals surface area contributed by atoms with E-state index in [2.05, 4.69) is 6.92 Å². The summed E-state index contributed by atoms with van der Waals surface area (Å²) in [6.45, 7) is 4.18. The van der Waals surface area contributed by atoms with Gasteiger partial charge in [-0.05, 0) is 68.6 Å². The second-order valence-electron chi connectivity index (χ2n) is 13.2. The normalized spacial score (nSPS) is 34.1. The number of amidine groups is 1. The second kappa shape index (κ2) is 9.46. The van der Waals surface area contributed by atoms with Crippen molar-refractivity contribution < 1.29 is 19.4 Å². The van der Waals surface area contributed by atoms with Crippen molar-refractivity contribution >= 4 is 17.8 Å². The first kappa shape index (κ1) is 27.0. The van der Waals surface area contributed by atoms with E-state index in [0.29, 0.717) is 70.7 Å². The number of ether oxygens (including phenoxy) is 1. The molecule has 3 amide bonds. The Kier molecular flexibility index (Phi) is 6.39. The average molecular weight is 557 g/mol. The van der Waals surface area contributed by atoms with Crippen LogP contribution in [0.15, 0.2) is 9.59 Å². The minimum atomic E-state index is -0.809. The Bertz CT molecular complexity index is 1360. The first-order valence-corrected chi connectivity index (χ1v) is 14.6. The van der Waals surface area contributed by atoms with Gasteiger partial charge in [0.05, 0.1) is 13.2 Å². The van der Waals surface area contributed by atoms with Crippen molar-refractivity contribution in [1.82, 2.24) is 18.9 Å². The maximum absolute atomic E-state index is 13.6. The highest BCUT2D eigenvalue weighted by Gasteiger charge is 2.68. The van der Waals surface area contributed by atoms with E-state index in [-0.39, 0.29) is 40.8 Å². The molecule has 5 fully saturated rings. The van der Waals surface area contributed by atoms with Crippen LogP contribution in [0, 0.1) is 28.6 Å². The number of aromatic nitrogens is 2. The number of likely N-dealkylation sites (N-methyl/N-ethyl adjacent to an activating group) is 1. The summed E-state index contributed by atoms with van der Waals surface area (Å²) in [6.07, 6.45) is 6.66. The Hall–Kier alpha value is -3.15. The molecule has 5 aliphatic rings. The number of amides is 3.